The van der Waals surface area contributed by atoms with Crippen LogP contribution in [-0.4, -0.2) is 16.0 Å². The third-order valence-corrected chi connectivity index (χ3v) is 2.63. The van der Waals surface area contributed by atoms with Crippen molar-refractivity contribution in [2.24, 2.45) is 0 Å². The molecule has 0 aliphatic carbocycles. The first-order valence-corrected chi connectivity index (χ1v) is 5.88. The molecule has 0 saturated heterocycles. The molecular weight excluding hydrogens is 288 g/mol. The minimum absolute atomic E-state index is 0.153. The van der Waals surface area contributed by atoms with E-state index in [4.69, 9.17) is 20.9 Å². The first kappa shape index (κ1) is 14.0. The molecule has 2 aromatic rings. The number of carbonyl (C=O) groups excluding carboxylic acids is 1. The molecule has 0 aliphatic rings. The fourth-order valence-electron chi connectivity index (χ4n) is 1.53. The van der Waals surface area contributed by atoms with E-state index in [0.717, 1.165) is 6.07 Å². The van der Waals surface area contributed by atoms with Crippen molar-refractivity contribution in [3.05, 3.63) is 56.4 Å². The summed E-state index contributed by atoms with van der Waals surface area (Å²) in [6.07, 6.45) is 0. The van der Waals surface area contributed by atoms with E-state index in [2.05, 4.69) is 5.16 Å². The second kappa shape index (κ2) is 5.70. The SMILES string of the molecule is Cc1cc(COC(=O)c2ccc(Cl)cc2[N+](=O)[O-])on1. The van der Waals surface area contributed by atoms with Gasteiger partial charge in [-0.1, -0.05) is 16.8 Å². The zero-order chi connectivity index (χ0) is 14.7. The molecule has 1 heterocycles. The molecule has 0 radical (unpaired) electrons. The molecule has 0 atom stereocenters. The van der Waals surface area contributed by atoms with Crippen LogP contribution in [0.4, 0.5) is 5.69 Å². The molecule has 0 amide bonds. The average Bonchev–Trinajstić information content (AvgIpc) is 2.81. The fourth-order valence-corrected chi connectivity index (χ4v) is 1.69. The molecule has 8 heteroatoms. The van der Waals surface area contributed by atoms with Gasteiger partial charge in [0.25, 0.3) is 5.69 Å². The number of esters is 1. The number of nitro groups is 1. The number of nitrogens with zero attached hydrogens (tertiary/aromatic N) is 2. The number of rotatable bonds is 4. The summed E-state index contributed by atoms with van der Waals surface area (Å²) in [4.78, 5) is 22.0. The maximum atomic E-state index is 11.8. The van der Waals surface area contributed by atoms with Crippen molar-refractivity contribution in [1.29, 1.82) is 0 Å². The predicted octanol–water partition coefficient (Wildman–Crippen LogP) is 2.90. The highest BCUT2D eigenvalue weighted by Crippen LogP contribution is 2.24. The number of nitro benzene ring substituents is 1. The first-order valence-electron chi connectivity index (χ1n) is 5.50. The third-order valence-electron chi connectivity index (χ3n) is 2.40. The van der Waals surface area contributed by atoms with Gasteiger partial charge in [-0.2, -0.15) is 0 Å². The summed E-state index contributed by atoms with van der Waals surface area (Å²) in [7, 11) is 0. The molecule has 1 aromatic carbocycles. The maximum absolute atomic E-state index is 11.8. The normalized spacial score (nSPS) is 10.3. The van der Waals surface area contributed by atoms with Gasteiger partial charge in [0.1, 0.15) is 5.56 Å². The summed E-state index contributed by atoms with van der Waals surface area (Å²) in [5.74, 6) is -0.477. The van der Waals surface area contributed by atoms with Crippen molar-refractivity contribution in [2.45, 2.75) is 13.5 Å². The molecule has 20 heavy (non-hydrogen) atoms. The van der Waals surface area contributed by atoms with Crippen molar-refractivity contribution in [2.75, 3.05) is 0 Å². The first-order chi connectivity index (χ1) is 9.47. The smallest absolute Gasteiger partial charge is 0.345 e. The summed E-state index contributed by atoms with van der Waals surface area (Å²) in [5.41, 5.74) is 0.0698. The Hall–Kier alpha value is -2.41. The highest BCUT2D eigenvalue weighted by atomic mass is 35.5. The van der Waals surface area contributed by atoms with Crippen LogP contribution < -0.4 is 0 Å². The molecule has 0 saturated carbocycles. The number of aryl methyl sites for hydroxylation is 1. The van der Waals surface area contributed by atoms with E-state index >= 15 is 0 Å². The Morgan fingerprint density at radius 2 is 2.25 bits per heavy atom. The Morgan fingerprint density at radius 3 is 2.85 bits per heavy atom. The highest BCUT2D eigenvalue weighted by molar-refractivity contribution is 6.31. The third kappa shape index (κ3) is 3.12. The predicted molar refractivity (Wildman–Crippen MR) is 68.5 cm³/mol. The lowest BCUT2D eigenvalue weighted by Gasteiger charge is -2.03. The number of ether oxygens (including phenoxy) is 1. The Labute approximate surface area is 118 Å². The van der Waals surface area contributed by atoms with Crippen molar-refractivity contribution in [3.8, 4) is 0 Å². The van der Waals surface area contributed by atoms with Gasteiger partial charge in [-0.05, 0) is 19.1 Å². The maximum Gasteiger partial charge on any atom is 0.345 e. The van der Waals surface area contributed by atoms with Crippen LogP contribution in [0.25, 0.3) is 0 Å². The molecular formula is C12H9ClN2O5. The van der Waals surface area contributed by atoms with Gasteiger partial charge in [0.05, 0.1) is 10.6 Å². The van der Waals surface area contributed by atoms with E-state index in [9.17, 15) is 14.9 Å². The van der Waals surface area contributed by atoms with E-state index < -0.39 is 16.6 Å². The molecule has 7 nitrogen and oxygen atoms in total. The van der Waals surface area contributed by atoms with Crippen molar-refractivity contribution >= 4 is 23.3 Å². The van der Waals surface area contributed by atoms with Gasteiger partial charge in [0.15, 0.2) is 12.4 Å². The molecule has 0 N–H and O–H groups in total. The second-order valence-corrected chi connectivity index (χ2v) is 4.37. The van der Waals surface area contributed by atoms with Crippen LogP contribution >= 0.6 is 11.6 Å². The summed E-state index contributed by atoms with van der Waals surface area (Å²) in [6, 6.07) is 5.32. The monoisotopic (exact) mass is 296 g/mol. The number of aromatic nitrogens is 1. The minimum atomic E-state index is -0.831. The van der Waals surface area contributed by atoms with Crippen LogP contribution in [0.15, 0.2) is 28.8 Å². The zero-order valence-corrected chi connectivity index (χ0v) is 11.1. The molecule has 1 aromatic heterocycles. The van der Waals surface area contributed by atoms with Crippen LogP contribution in [0.1, 0.15) is 21.8 Å². The summed E-state index contributed by atoms with van der Waals surface area (Å²) >= 11 is 5.66. The van der Waals surface area contributed by atoms with Gasteiger partial charge in [-0.25, -0.2) is 4.79 Å². The van der Waals surface area contributed by atoms with Crippen LogP contribution in [0.2, 0.25) is 5.02 Å². The van der Waals surface area contributed by atoms with Crippen LogP contribution in [0.5, 0.6) is 0 Å². The summed E-state index contributed by atoms with van der Waals surface area (Å²) in [5, 5.41) is 14.7. The lowest BCUT2D eigenvalue weighted by atomic mass is 10.2. The molecule has 0 fully saturated rings. The van der Waals surface area contributed by atoms with Gasteiger partial charge in [0, 0.05) is 17.2 Å². The fraction of sp³-hybridized carbons (Fsp3) is 0.167. The molecule has 0 aliphatic heterocycles. The van der Waals surface area contributed by atoms with Gasteiger partial charge in [-0.3, -0.25) is 10.1 Å². The van der Waals surface area contributed by atoms with Crippen LogP contribution in [-0.2, 0) is 11.3 Å². The van der Waals surface area contributed by atoms with Gasteiger partial charge < -0.3 is 9.26 Å². The standard InChI is InChI=1S/C12H9ClN2O5/c1-7-4-9(20-14-7)6-19-12(16)10-3-2-8(13)5-11(10)15(17)18/h2-5H,6H2,1H3. The molecule has 0 unspecified atom stereocenters. The van der Waals surface area contributed by atoms with Gasteiger partial charge in [0.2, 0.25) is 0 Å². The van der Waals surface area contributed by atoms with Crippen LogP contribution in [0, 0.1) is 17.0 Å². The summed E-state index contributed by atoms with van der Waals surface area (Å²) < 4.78 is 9.80. The lowest BCUT2D eigenvalue weighted by Crippen LogP contribution is -2.08. The van der Waals surface area contributed by atoms with Crippen molar-refractivity contribution in [1.82, 2.24) is 5.16 Å². The lowest BCUT2D eigenvalue weighted by molar-refractivity contribution is -0.385. The van der Waals surface area contributed by atoms with E-state index in [-0.39, 0.29) is 17.2 Å². The zero-order valence-electron chi connectivity index (χ0n) is 10.3. The summed E-state index contributed by atoms with van der Waals surface area (Å²) in [6.45, 7) is 1.57. The molecule has 0 spiro atoms. The Kier molecular flexibility index (Phi) is 3.99. The quantitative estimate of drug-likeness (QED) is 0.489. The van der Waals surface area contributed by atoms with Crippen LogP contribution in [0.3, 0.4) is 0 Å². The topological polar surface area (TPSA) is 95.5 Å². The molecule has 0 bridgehead atoms. The second-order valence-electron chi connectivity index (χ2n) is 3.93. The van der Waals surface area contributed by atoms with Gasteiger partial charge in [-0.15, -0.1) is 0 Å². The number of halogens is 1. The Morgan fingerprint density at radius 1 is 1.50 bits per heavy atom. The number of hydrogen-bond donors (Lipinski definition) is 0. The minimum Gasteiger partial charge on any atom is -0.454 e. The Balaban J connectivity index is 2.15. The molecule has 104 valence electrons. The largest absolute Gasteiger partial charge is 0.454 e. The van der Waals surface area contributed by atoms with Crippen molar-refractivity contribution < 1.29 is 19.0 Å². The highest BCUT2D eigenvalue weighted by Gasteiger charge is 2.22. The molecule has 2 rings (SSSR count). The number of benzene rings is 1. The van der Waals surface area contributed by atoms with E-state index in [0.29, 0.717) is 11.5 Å². The van der Waals surface area contributed by atoms with E-state index in [1.165, 1.54) is 12.1 Å². The average molecular weight is 297 g/mol. The van der Waals surface area contributed by atoms with Crippen molar-refractivity contribution in [3.63, 3.8) is 0 Å². The van der Waals surface area contributed by atoms with E-state index in [1.54, 1.807) is 13.0 Å². The van der Waals surface area contributed by atoms with E-state index in [1.807, 2.05) is 0 Å². The Bertz CT molecular complexity index is 668. The number of carbonyl (C=O) groups is 1. The van der Waals surface area contributed by atoms with Gasteiger partial charge >= 0.3 is 5.97 Å². The number of hydrogen-bond acceptors (Lipinski definition) is 6.